The summed E-state index contributed by atoms with van der Waals surface area (Å²) in [5.41, 5.74) is 2.42. The molecule has 0 saturated heterocycles. The maximum absolute atomic E-state index is 13.4. The molecule has 190 valence electrons. The first kappa shape index (κ1) is 27.4. The number of nitrogens with one attached hydrogen (secondary N) is 1. The number of sulfonamides is 1. The van der Waals surface area contributed by atoms with Gasteiger partial charge in [-0.25, -0.2) is 13.2 Å². The van der Waals surface area contributed by atoms with Gasteiger partial charge in [0.15, 0.2) is 0 Å². The van der Waals surface area contributed by atoms with Gasteiger partial charge in [-0.05, 0) is 67.4 Å². The topological polar surface area (TPSA) is 92.8 Å². The number of halogens is 1. The van der Waals surface area contributed by atoms with Crippen molar-refractivity contribution in [2.45, 2.75) is 38.1 Å². The van der Waals surface area contributed by atoms with Crippen molar-refractivity contribution in [1.82, 2.24) is 4.31 Å². The van der Waals surface area contributed by atoms with E-state index in [0.29, 0.717) is 28.4 Å². The highest BCUT2D eigenvalue weighted by atomic mass is 35.5. The maximum Gasteiger partial charge on any atom is 0.338 e. The van der Waals surface area contributed by atoms with Crippen molar-refractivity contribution in [3.8, 4) is 0 Å². The van der Waals surface area contributed by atoms with Crippen LogP contribution in [0.2, 0.25) is 5.02 Å². The van der Waals surface area contributed by atoms with Crippen molar-refractivity contribution >= 4 is 39.2 Å². The second-order valence-corrected chi connectivity index (χ2v) is 10.7. The van der Waals surface area contributed by atoms with Gasteiger partial charge in [-0.2, -0.15) is 4.31 Å². The third-order valence-electron chi connectivity index (χ3n) is 5.39. The predicted molar refractivity (Wildman–Crippen MR) is 140 cm³/mol. The molecule has 1 amide bonds. The van der Waals surface area contributed by atoms with Crippen LogP contribution in [0.5, 0.6) is 0 Å². The van der Waals surface area contributed by atoms with E-state index < -0.39 is 28.4 Å². The number of aryl methyl sites for hydroxylation is 1. The van der Waals surface area contributed by atoms with Gasteiger partial charge in [0.1, 0.15) is 0 Å². The van der Waals surface area contributed by atoms with Gasteiger partial charge >= 0.3 is 5.97 Å². The van der Waals surface area contributed by atoms with Crippen LogP contribution in [0.25, 0.3) is 0 Å². The Balaban J connectivity index is 1.74. The molecule has 3 rings (SSSR count). The van der Waals surface area contributed by atoms with Gasteiger partial charge in [-0.3, -0.25) is 4.79 Å². The molecular weight excluding hydrogens is 500 g/mol. The standard InChI is InChI=1S/C27H29ClN2O5S/c1-3-4-17-35-27(32)22-9-13-24(14-10-22)29-26(31)19-30(18-21-7-11-23(28)12-8-21)36(33,34)25-15-5-20(2)6-16-25/h5-16H,3-4,17-19H2,1-2H3,(H,29,31). The lowest BCUT2D eigenvalue weighted by Gasteiger charge is -2.22. The van der Waals surface area contributed by atoms with Gasteiger partial charge in [0.05, 0.1) is 23.6 Å². The molecule has 0 saturated carbocycles. The number of esters is 1. The molecule has 0 unspecified atom stereocenters. The van der Waals surface area contributed by atoms with E-state index in [-0.39, 0.29) is 11.4 Å². The number of carbonyl (C=O) groups excluding carboxylic acids is 2. The second-order valence-electron chi connectivity index (χ2n) is 8.33. The van der Waals surface area contributed by atoms with Crippen LogP contribution in [-0.2, 0) is 26.1 Å². The molecule has 0 radical (unpaired) electrons. The average molecular weight is 529 g/mol. The van der Waals surface area contributed by atoms with Crippen molar-refractivity contribution in [2.24, 2.45) is 0 Å². The molecule has 0 aliphatic carbocycles. The molecule has 1 N–H and O–H groups in total. The molecule has 0 spiro atoms. The Morgan fingerprint density at radius 1 is 0.944 bits per heavy atom. The number of unbranched alkanes of at least 4 members (excludes halogenated alkanes) is 1. The summed E-state index contributed by atoms with van der Waals surface area (Å²) in [6.45, 7) is 3.81. The Kier molecular flexibility index (Phi) is 9.64. The molecule has 3 aromatic rings. The van der Waals surface area contributed by atoms with Crippen LogP contribution in [0, 0.1) is 6.92 Å². The molecule has 7 nitrogen and oxygen atoms in total. The lowest BCUT2D eigenvalue weighted by atomic mass is 10.2. The number of rotatable bonds is 11. The summed E-state index contributed by atoms with van der Waals surface area (Å²) in [5, 5.41) is 3.23. The fraction of sp³-hybridized carbons (Fsp3) is 0.259. The molecule has 3 aromatic carbocycles. The normalized spacial score (nSPS) is 11.3. The SMILES string of the molecule is CCCCOC(=O)c1ccc(NC(=O)CN(Cc2ccc(Cl)cc2)S(=O)(=O)c2ccc(C)cc2)cc1. The van der Waals surface area contributed by atoms with Gasteiger partial charge in [0.2, 0.25) is 15.9 Å². The number of anilines is 1. The first-order valence-electron chi connectivity index (χ1n) is 11.6. The van der Waals surface area contributed by atoms with Gasteiger partial charge in [0.25, 0.3) is 0 Å². The second kappa shape index (κ2) is 12.7. The minimum Gasteiger partial charge on any atom is -0.462 e. The van der Waals surface area contributed by atoms with Crippen LogP contribution >= 0.6 is 11.6 Å². The Hall–Kier alpha value is -3.20. The van der Waals surface area contributed by atoms with Crippen molar-refractivity contribution in [3.63, 3.8) is 0 Å². The molecule has 0 bridgehead atoms. The van der Waals surface area contributed by atoms with Crippen molar-refractivity contribution < 1.29 is 22.7 Å². The van der Waals surface area contributed by atoms with Gasteiger partial charge in [-0.15, -0.1) is 0 Å². The van der Waals surface area contributed by atoms with Gasteiger partial charge in [-0.1, -0.05) is 54.8 Å². The molecule has 0 aliphatic heterocycles. The van der Waals surface area contributed by atoms with Crippen LogP contribution in [0.15, 0.2) is 77.7 Å². The van der Waals surface area contributed by atoms with Crippen LogP contribution in [0.4, 0.5) is 5.69 Å². The van der Waals surface area contributed by atoms with E-state index in [0.717, 1.165) is 22.7 Å². The molecular formula is C27H29ClN2O5S. The van der Waals surface area contributed by atoms with E-state index in [1.807, 2.05) is 13.8 Å². The number of hydrogen-bond donors (Lipinski definition) is 1. The molecule has 9 heteroatoms. The van der Waals surface area contributed by atoms with Crippen LogP contribution in [0.1, 0.15) is 41.3 Å². The number of amides is 1. The predicted octanol–water partition coefficient (Wildman–Crippen LogP) is 5.43. The molecule has 0 heterocycles. The van der Waals surface area contributed by atoms with Gasteiger partial charge in [0, 0.05) is 17.3 Å². The summed E-state index contributed by atoms with van der Waals surface area (Å²) >= 11 is 5.96. The zero-order chi connectivity index (χ0) is 26.1. The third kappa shape index (κ3) is 7.65. The van der Waals surface area contributed by atoms with Gasteiger partial charge < -0.3 is 10.1 Å². The summed E-state index contributed by atoms with van der Waals surface area (Å²) in [6.07, 6.45) is 1.71. The minimum absolute atomic E-state index is 0.0106. The molecule has 0 aromatic heterocycles. The highest BCUT2D eigenvalue weighted by molar-refractivity contribution is 7.89. The zero-order valence-electron chi connectivity index (χ0n) is 20.2. The van der Waals surface area contributed by atoms with Crippen molar-refractivity contribution in [1.29, 1.82) is 0 Å². The first-order valence-corrected chi connectivity index (χ1v) is 13.4. The summed E-state index contributed by atoms with van der Waals surface area (Å²) in [7, 11) is -3.96. The average Bonchev–Trinajstić information content (AvgIpc) is 2.85. The third-order valence-corrected chi connectivity index (χ3v) is 7.44. The molecule has 0 fully saturated rings. The summed E-state index contributed by atoms with van der Waals surface area (Å²) < 4.78 is 33.1. The molecule has 0 atom stereocenters. The largest absolute Gasteiger partial charge is 0.462 e. The Labute approximate surface area is 217 Å². The van der Waals surface area contributed by atoms with E-state index in [9.17, 15) is 18.0 Å². The molecule has 0 aliphatic rings. The highest BCUT2D eigenvalue weighted by Gasteiger charge is 2.27. The molecule has 36 heavy (non-hydrogen) atoms. The number of benzene rings is 3. The number of nitrogens with zero attached hydrogens (tertiary/aromatic N) is 1. The summed E-state index contributed by atoms with van der Waals surface area (Å²) in [6, 6.07) is 19.5. The number of ether oxygens (including phenoxy) is 1. The lowest BCUT2D eigenvalue weighted by Crippen LogP contribution is -2.37. The summed E-state index contributed by atoms with van der Waals surface area (Å²) in [5.74, 6) is -0.947. The van der Waals surface area contributed by atoms with Crippen molar-refractivity contribution in [3.05, 3.63) is 94.5 Å². The summed E-state index contributed by atoms with van der Waals surface area (Å²) in [4.78, 5) is 25.0. The first-order chi connectivity index (χ1) is 17.2. The van der Waals surface area contributed by atoms with Crippen LogP contribution < -0.4 is 5.32 Å². The van der Waals surface area contributed by atoms with E-state index in [2.05, 4.69) is 5.32 Å². The Bertz CT molecular complexity index is 1280. The maximum atomic E-state index is 13.4. The van der Waals surface area contributed by atoms with E-state index >= 15 is 0 Å². The Morgan fingerprint density at radius 3 is 2.19 bits per heavy atom. The quantitative estimate of drug-likeness (QED) is 0.264. The van der Waals surface area contributed by atoms with E-state index in [4.69, 9.17) is 16.3 Å². The highest BCUT2D eigenvalue weighted by Crippen LogP contribution is 2.20. The van der Waals surface area contributed by atoms with Crippen molar-refractivity contribution in [2.75, 3.05) is 18.5 Å². The fourth-order valence-electron chi connectivity index (χ4n) is 3.32. The van der Waals surface area contributed by atoms with E-state index in [1.165, 1.54) is 12.1 Å². The monoisotopic (exact) mass is 528 g/mol. The number of carbonyl (C=O) groups is 2. The Morgan fingerprint density at radius 2 is 1.58 bits per heavy atom. The number of hydrogen-bond acceptors (Lipinski definition) is 5. The van der Waals surface area contributed by atoms with Crippen LogP contribution in [0.3, 0.4) is 0 Å². The van der Waals surface area contributed by atoms with Crippen LogP contribution in [-0.4, -0.2) is 37.8 Å². The fourth-order valence-corrected chi connectivity index (χ4v) is 4.83. The smallest absolute Gasteiger partial charge is 0.338 e. The lowest BCUT2D eigenvalue weighted by molar-refractivity contribution is -0.116. The van der Waals surface area contributed by atoms with E-state index in [1.54, 1.807) is 60.7 Å². The minimum atomic E-state index is -3.96. The zero-order valence-corrected chi connectivity index (χ0v) is 21.8.